The second-order valence-electron chi connectivity index (χ2n) is 4.54. The molecule has 21 heavy (non-hydrogen) atoms. The van der Waals surface area contributed by atoms with E-state index in [-0.39, 0.29) is 5.38 Å². The molecule has 2 aromatic carbocycles. The largest absolute Gasteiger partial charge is 0.494 e. The van der Waals surface area contributed by atoms with Gasteiger partial charge in [0.05, 0.1) is 12.0 Å². The zero-order chi connectivity index (χ0) is 15.4. The van der Waals surface area contributed by atoms with Crippen molar-refractivity contribution in [1.29, 1.82) is 0 Å². The molecule has 1 unspecified atom stereocenters. The van der Waals surface area contributed by atoms with Gasteiger partial charge in [0, 0.05) is 4.47 Å². The van der Waals surface area contributed by atoms with Crippen molar-refractivity contribution >= 4 is 27.5 Å². The maximum atomic E-state index is 13.2. The highest BCUT2D eigenvalue weighted by Crippen LogP contribution is 2.33. The quantitative estimate of drug-likeness (QED) is 0.614. The van der Waals surface area contributed by atoms with Crippen molar-refractivity contribution in [3.8, 4) is 5.75 Å². The van der Waals surface area contributed by atoms with Gasteiger partial charge >= 0.3 is 0 Å². The molecule has 0 saturated heterocycles. The Balaban J connectivity index is 2.16. The Hall–Kier alpha value is -1.13. The minimum Gasteiger partial charge on any atom is -0.494 e. The van der Waals surface area contributed by atoms with Gasteiger partial charge < -0.3 is 4.74 Å². The maximum absolute atomic E-state index is 13.2. The van der Waals surface area contributed by atoms with Gasteiger partial charge in [-0.05, 0) is 48.7 Å². The number of alkyl halides is 1. The monoisotopic (exact) mass is 374 g/mol. The SMILES string of the molecule is CCOc1ccc(C(Cl)Cc2ccc(F)c(F)c2)c(Br)c1. The summed E-state index contributed by atoms with van der Waals surface area (Å²) in [6.45, 7) is 2.50. The third kappa shape index (κ3) is 4.17. The molecule has 2 rings (SSSR count). The van der Waals surface area contributed by atoms with E-state index in [9.17, 15) is 8.78 Å². The Morgan fingerprint density at radius 2 is 1.90 bits per heavy atom. The van der Waals surface area contributed by atoms with Crippen LogP contribution in [-0.4, -0.2) is 6.61 Å². The van der Waals surface area contributed by atoms with Crippen LogP contribution in [0.1, 0.15) is 23.4 Å². The third-order valence-corrected chi connectivity index (χ3v) is 4.10. The minimum absolute atomic E-state index is 0.347. The second kappa shape index (κ2) is 7.23. The number of hydrogen-bond acceptors (Lipinski definition) is 1. The van der Waals surface area contributed by atoms with Crippen molar-refractivity contribution in [2.24, 2.45) is 0 Å². The molecule has 1 atom stereocenters. The number of ether oxygens (including phenoxy) is 1. The first-order valence-electron chi connectivity index (χ1n) is 6.51. The highest BCUT2D eigenvalue weighted by Gasteiger charge is 2.14. The summed E-state index contributed by atoms with van der Waals surface area (Å²) in [7, 11) is 0. The molecule has 1 nitrogen and oxygen atoms in total. The number of benzene rings is 2. The molecule has 0 saturated carbocycles. The van der Waals surface area contributed by atoms with Crippen LogP contribution in [0.3, 0.4) is 0 Å². The fourth-order valence-electron chi connectivity index (χ4n) is 2.00. The van der Waals surface area contributed by atoms with Gasteiger partial charge in [0.15, 0.2) is 11.6 Å². The lowest BCUT2D eigenvalue weighted by molar-refractivity contribution is 0.340. The normalized spacial score (nSPS) is 12.2. The molecule has 0 spiro atoms. The molecule has 2 aromatic rings. The third-order valence-electron chi connectivity index (χ3n) is 3.02. The van der Waals surface area contributed by atoms with E-state index in [1.54, 1.807) is 0 Å². The summed E-state index contributed by atoms with van der Waals surface area (Å²) in [5.74, 6) is -0.959. The summed E-state index contributed by atoms with van der Waals surface area (Å²) in [6, 6.07) is 9.38. The number of halogens is 4. The number of rotatable bonds is 5. The molecule has 112 valence electrons. The van der Waals surface area contributed by atoms with Crippen molar-refractivity contribution in [3.05, 3.63) is 63.6 Å². The molecule has 0 aliphatic heterocycles. The Bertz CT molecular complexity index is 634. The topological polar surface area (TPSA) is 9.23 Å². The fourth-order valence-corrected chi connectivity index (χ4v) is 3.14. The number of hydrogen-bond donors (Lipinski definition) is 0. The Kier molecular flexibility index (Phi) is 5.59. The zero-order valence-electron chi connectivity index (χ0n) is 11.4. The van der Waals surface area contributed by atoms with E-state index in [1.807, 2.05) is 25.1 Å². The van der Waals surface area contributed by atoms with Gasteiger partial charge in [0.2, 0.25) is 0 Å². The first kappa shape index (κ1) is 16.2. The van der Waals surface area contributed by atoms with E-state index in [0.29, 0.717) is 18.6 Å². The molecule has 0 radical (unpaired) electrons. The van der Waals surface area contributed by atoms with Crippen molar-refractivity contribution in [1.82, 2.24) is 0 Å². The standard InChI is InChI=1S/C16H14BrClF2O/c1-2-21-11-4-5-12(13(17)9-11)14(18)7-10-3-6-15(19)16(20)8-10/h3-6,8-9,14H,2,7H2,1H3. The second-order valence-corrected chi connectivity index (χ2v) is 5.92. The molecule has 0 N–H and O–H groups in total. The van der Waals surface area contributed by atoms with Gasteiger partial charge in [-0.3, -0.25) is 0 Å². The maximum Gasteiger partial charge on any atom is 0.159 e. The molecule has 0 aromatic heterocycles. The van der Waals surface area contributed by atoms with Crippen LogP contribution in [-0.2, 0) is 6.42 Å². The van der Waals surface area contributed by atoms with Crippen molar-refractivity contribution in [2.75, 3.05) is 6.61 Å². The van der Waals surface area contributed by atoms with Crippen molar-refractivity contribution < 1.29 is 13.5 Å². The van der Waals surface area contributed by atoms with Crippen LogP contribution in [0, 0.1) is 11.6 Å². The molecular weight excluding hydrogens is 362 g/mol. The molecule has 0 aliphatic carbocycles. The summed E-state index contributed by atoms with van der Waals surface area (Å²) in [5.41, 5.74) is 1.53. The Morgan fingerprint density at radius 1 is 1.14 bits per heavy atom. The molecule has 0 aliphatic rings. The summed E-state index contributed by atoms with van der Waals surface area (Å²) >= 11 is 9.84. The zero-order valence-corrected chi connectivity index (χ0v) is 13.7. The van der Waals surface area contributed by atoms with E-state index < -0.39 is 11.6 Å². The van der Waals surface area contributed by atoms with E-state index in [1.165, 1.54) is 12.1 Å². The van der Waals surface area contributed by atoms with Crippen LogP contribution < -0.4 is 4.74 Å². The fraction of sp³-hybridized carbons (Fsp3) is 0.250. The Morgan fingerprint density at radius 3 is 2.52 bits per heavy atom. The smallest absolute Gasteiger partial charge is 0.159 e. The van der Waals surface area contributed by atoms with Crippen LogP contribution in [0.15, 0.2) is 40.9 Å². The summed E-state index contributed by atoms with van der Waals surface area (Å²) in [5, 5.41) is -0.347. The highest BCUT2D eigenvalue weighted by molar-refractivity contribution is 9.10. The summed E-state index contributed by atoms with van der Waals surface area (Å²) in [4.78, 5) is 0. The highest BCUT2D eigenvalue weighted by atomic mass is 79.9. The molecular formula is C16H14BrClF2O. The molecule has 0 heterocycles. The van der Waals surface area contributed by atoms with Crippen LogP contribution in [0.2, 0.25) is 0 Å². The molecule has 0 amide bonds. The average Bonchev–Trinajstić information content (AvgIpc) is 2.43. The molecule has 0 bridgehead atoms. The van der Waals surface area contributed by atoms with Gasteiger partial charge in [-0.2, -0.15) is 0 Å². The summed E-state index contributed by atoms with van der Waals surface area (Å²) < 4.78 is 32.3. The van der Waals surface area contributed by atoms with Crippen molar-refractivity contribution in [3.63, 3.8) is 0 Å². The van der Waals surface area contributed by atoms with Crippen LogP contribution >= 0.6 is 27.5 Å². The first-order chi connectivity index (χ1) is 10.0. The van der Waals surface area contributed by atoms with Crippen LogP contribution in [0.25, 0.3) is 0 Å². The van der Waals surface area contributed by atoms with E-state index in [2.05, 4.69) is 15.9 Å². The van der Waals surface area contributed by atoms with Crippen LogP contribution in [0.5, 0.6) is 5.75 Å². The molecule has 0 fully saturated rings. The lowest BCUT2D eigenvalue weighted by Crippen LogP contribution is -1.99. The van der Waals surface area contributed by atoms with Gasteiger partial charge in [0.1, 0.15) is 5.75 Å². The van der Waals surface area contributed by atoms with Gasteiger partial charge in [-0.15, -0.1) is 11.6 Å². The Labute approximate surface area is 136 Å². The van der Waals surface area contributed by atoms with E-state index >= 15 is 0 Å². The molecule has 5 heteroatoms. The van der Waals surface area contributed by atoms with Gasteiger partial charge in [-0.25, -0.2) is 8.78 Å². The lowest BCUT2D eigenvalue weighted by Gasteiger charge is -2.13. The van der Waals surface area contributed by atoms with Crippen LogP contribution in [0.4, 0.5) is 8.78 Å². The lowest BCUT2D eigenvalue weighted by atomic mass is 10.0. The van der Waals surface area contributed by atoms with Crippen molar-refractivity contribution in [2.45, 2.75) is 18.7 Å². The van der Waals surface area contributed by atoms with E-state index in [4.69, 9.17) is 16.3 Å². The first-order valence-corrected chi connectivity index (χ1v) is 7.74. The predicted octanol–water partition coefficient (Wildman–Crippen LogP) is 5.65. The average molecular weight is 376 g/mol. The van der Waals surface area contributed by atoms with E-state index in [0.717, 1.165) is 21.9 Å². The predicted molar refractivity (Wildman–Crippen MR) is 84.0 cm³/mol. The van der Waals surface area contributed by atoms with Gasteiger partial charge in [-0.1, -0.05) is 28.1 Å². The summed E-state index contributed by atoms with van der Waals surface area (Å²) in [6.07, 6.45) is 0.408. The van der Waals surface area contributed by atoms with Gasteiger partial charge in [0.25, 0.3) is 0 Å². The minimum atomic E-state index is -0.859.